The van der Waals surface area contributed by atoms with Crippen molar-refractivity contribution in [1.82, 2.24) is 19.6 Å². The Balaban J connectivity index is 1.69. The topological polar surface area (TPSA) is 100 Å². The number of aryl methyl sites for hydroxylation is 2. The number of nitrogens with zero attached hydrogens (tertiary/aromatic N) is 4. The highest BCUT2D eigenvalue weighted by atomic mass is 35.5. The van der Waals surface area contributed by atoms with Crippen LogP contribution >= 0.6 is 11.6 Å². The van der Waals surface area contributed by atoms with E-state index in [2.05, 4.69) is 15.5 Å². The molecule has 152 valence electrons. The molecule has 2 aromatic heterocycles. The van der Waals surface area contributed by atoms with Crippen molar-refractivity contribution in [2.75, 3.05) is 12.4 Å². The van der Waals surface area contributed by atoms with Crippen molar-refractivity contribution in [3.05, 3.63) is 58.6 Å². The van der Waals surface area contributed by atoms with E-state index in [4.69, 9.17) is 21.1 Å². The number of aromatic nitrogens is 4. The van der Waals surface area contributed by atoms with Crippen LogP contribution in [0.1, 0.15) is 33.5 Å². The van der Waals surface area contributed by atoms with E-state index in [0.717, 1.165) is 5.56 Å². The molecule has 3 aromatic rings. The fourth-order valence-electron chi connectivity index (χ4n) is 2.52. The molecule has 0 unspecified atom stereocenters. The summed E-state index contributed by atoms with van der Waals surface area (Å²) in [5.41, 5.74) is 1.45. The van der Waals surface area contributed by atoms with E-state index in [1.807, 2.05) is 26.0 Å². The third-order valence-corrected chi connectivity index (χ3v) is 4.34. The van der Waals surface area contributed by atoms with Crippen LogP contribution in [0.15, 0.2) is 36.7 Å². The van der Waals surface area contributed by atoms with Gasteiger partial charge in [0.2, 0.25) is 0 Å². The molecule has 0 aliphatic carbocycles. The van der Waals surface area contributed by atoms with Gasteiger partial charge in [-0.2, -0.15) is 10.2 Å². The molecule has 2 heterocycles. The molecular weight excluding hydrogens is 398 g/mol. The number of amides is 1. The quantitative estimate of drug-likeness (QED) is 0.593. The zero-order chi connectivity index (χ0) is 21.0. The Bertz CT molecular complexity index is 1040. The van der Waals surface area contributed by atoms with E-state index < -0.39 is 11.9 Å². The Kier molecular flexibility index (Phi) is 6.18. The number of rotatable bonds is 7. The molecule has 0 aliphatic heterocycles. The first-order chi connectivity index (χ1) is 13.9. The van der Waals surface area contributed by atoms with E-state index in [1.165, 1.54) is 16.5 Å². The van der Waals surface area contributed by atoms with Crippen LogP contribution in [0.5, 0.6) is 5.75 Å². The molecule has 0 radical (unpaired) electrons. The zero-order valence-electron chi connectivity index (χ0n) is 16.2. The number of halogens is 1. The summed E-state index contributed by atoms with van der Waals surface area (Å²) in [6, 6.07) is 7.00. The monoisotopic (exact) mass is 417 g/mol. The van der Waals surface area contributed by atoms with Crippen LogP contribution in [0.25, 0.3) is 0 Å². The van der Waals surface area contributed by atoms with Crippen LogP contribution < -0.4 is 10.1 Å². The minimum absolute atomic E-state index is 0.0274. The minimum Gasteiger partial charge on any atom is -0.470 e. The van der Waals surface area contributed by atoms with Gasteiger partial charge in [-0.05, 0) is 37.6 Å². The summed E-state index contributed by atoms with van der Waals surface area (Å²) in [5.74, 6) is -0.595. The number of hydrogen-bond acceptors (Lipinski definition) is 6. The van der Waals surface area contributed by atoms with Crippen LogP contribution in [-0.4, -0.2) is 38.5 Å². The highest BCUT2D eigenvalue weighted by Gasteiger charge is 2.20. The summed E-state index contributed by atoms with van der Waals surface area (Å²) in [6.45, 7) is 4.41. The molecule has 0 atom stereocenters. The Hall–Kier alpha value is -3.33. The fraction of sp³-hybridized carbons (Fsp3) is 0.263. The van der Waals surface area contributed by atoms with Crippen molar-refractivity contribution in [2.24, 2.45) is 0 Å². The van der Waals surface area contributed by atoms with Crippen molar-refractivity contribution >= 4 is 29.2 Å². The van der Waals surface area contributed by atoms with Crippen LogP contribution in [0, 0.1) is 6.92 Å². The van der Waals surface area contributed by atoms with Crippen LogP contribution in [0.2, 0.25) is 5.02 Å². The first-order valence-corrected chi connectivity index (χ1v) is 9.18. The fourth-order valence-corrected chi connectivity index (χ4v) is 2.69. The number of ether oxygens (including phenoxy) is 2. The van der Waals surface area contributed by atoms with Gasteiger partial charge >= 0.3 is 5.97 Å². The summed E-state index contributed by atoms with van der Waals surface area (Å²) in [6.07, 6.45) is 3.17. The van der Waals surface area contributed by atoms with Crippen molar-refractivity contribution in [3.63, 3.8) is 0 Å². The third-order valence-electron chi connectivity index (χ3n) is 4.02. The zero-order valence-corrected chi connectivity index (χ0v) is 16.9. The second-order valence-corrected chi connectivity index (χ2v) is 6.55. The third kappa shape index (κ3) is 4.75. The number of hydrogen-bond donors (Lipinski definition) is 1. The first kappa shape index (κ1) is 20.4. The van der Waals surface area contributed by atoms with Crippen LogP contribution in [-0.2, 0) is 18.0 Å². The van der Waals surface area contributed by atoms with Gasteiger partial charge in [0, 0.05) is 18.9 Å². The predicted octanol–water partition coefficient (Wildman–Crippen LogP) is 3.14. The van der Waals surface area contributed by atoms with E-state index in [0.29, 0.717) is 17.3 Å². The highest BCUT2D eigenvalue weighted by molar-refractivity contribution is 6.32. The van der Waals surface area contributed by atoms with Crippen molar-refractivity contribution in [1.29, 1.82) is 0 Å². The second kappa shape index (κ2) is 8.78. The smallest absolute Gasteiger partial charge is 0.360 e. The molecule has 0 bridgehead atoms. The molecule has 9 nitrogen and oxygen atoms in total. The number of carbonyl (C=O) groups is 2. The number of benzene rings is 1. The molecule has 0 spiro atoms. The lowest BCUT2D eigenvalue weighted by Crippen LogP contribution is -2.16. The Morgan fingerprint density at radius 2 is 2.00 bits per heavy atom. The first-order valence-electron chi connectivity index (χ1n) is 8.80. The number of carbonyl (C=O) groups excluding carboxylic acids is 2. The van der Waals surface area contributed by atoms with Gasteiger partial charge in [0.05, 0.1) is 17.8 Å². The van der Waals surface area contributed by atoms with E-state index in [9.17, 15) is 9.59 Å². The number of methoxy groups -OCH3 is 1. The molecule has 0 saturated carbocycles. The second-order valence-electron chi connectivity index (χ2n) is 6.14. The molecule has 0 aliphatic rings. The standard InChI is InChI=1S/C19H20ClN5O4/c1-4-24-10-15(17(23-24)19(27)28-3)21-18(26)14-7-8-25(22-14)11-29-16-9-12(2)5-6-13(16)20/h5-10H,4,11H2,1-3H3,(H,21,26). The number of esters is 1. The maximum absolute atomic E-state index is 12.5. The molecule has 1 amide bonds. The van der Waals surface area contributed by atoms with Crippen LogP contribution in [0.3, 0.4) is 0 Å². The molecule has 0 fully saturated rings. The van der Waals surface area contributed by atoms with Crippen molar-refractivity contribution in [3.8, 4) is 5.75 Å². The van der Waals surface area contributed by atoms with Gasteiger partial charge in [0.25, 0.3) is 5.91 Å². The van der Waals surface area contributed by atoms with Gasteiger partial charge < -0.3 is 14.8 Å². The minimum atomic E-state index is -0.638. The maximum atomic E-state index is 12.5. The molecule has 1 N–H and O–H groups in total. The summed E-state index contributed by atoms with van der Waals surface area (Å²) in [7, 11) is 1.25. The highest BCUT2D eigenvalue weighted by Crippen LogP contribution is 2.25. The predicted molar refractivity (Wildman–Crippen MR) is 106 cm³/mol. The molecular formula is C19H20ClN5O4. The Labute approximate surface area is 172 Å². The molecule has 0 saturated heterocycles. The van der Waals surface area contributed by atoms with Gasteiger partial charge in [-0.1, -0.05) is 17.7 Å². The van der Waals surface area contributed by atoms with E-state index in [-0.39, 0.29) is 23.8 Å². The van der Waals surface area contributed by atoms with Gasteiger partial charge in [-0.15, -0.1) is 0 Å². The van der Waals surface area contributed by atoms with Gasteiger partial charge in [-0.3, -0.25) is 9.48 Å². The van der Waals surface area contributed by atoms with E-state index >= 15 is 0 Å². The molecule has 1 aromatic carbocycles. The summed E-state index contributed by atoms with van der Waals surface area (Å²) < 4.78 is 13.4. The lowest BCUT2D eigenvalue weighted by atomic mass is 10.2. The average Bonchev–Trinajstić information content (AvgIpc) is 3.35. The summed E-state index contributed by atoms with van der Waals surface area (Å²) in [4.78, 5) is 24.4. The van der Waals surface area contributed by atoms with Gasteiger partial charge in [0.1, 0.15) is 5.75 Å². The Morgan fingerprint density at radius 3 is 2.72 bits per heavy atom. The normalized spacial score (nSPS) is 10.6. The summed E-state index contributed by atoms with van der Waals surface area (Å²) >= 11 is 6.11. The largest absolute Gasteiger partial charge is 0.470 e. The van der Waals surface area contributed by atoms with Gasteiger partial charge in [-0.25, -0.2) is 9.48 Å². The van der Waals surface area contributed by atoms with E-state index in [1.54, 1.807) is 24.5 Å². The van der Waals surface area contributed by atoms with Crippen LogP contribution in [0.4, 0.5) is 5.69 Å². The van der Waals surface area contributed by atoms with Gasteiger partial charge in [0.15, 0.2) is 18.1 Å². The average molecular weight is 418 g/mol. The SMILES string of the molecule is CCn1cc(NC(=O)c2ccn(COc3cc(C)ccc3Cl)n2)c(C(=O)OC)n1. The molecule has 29 heavy (non-hydrogen) atoms. The van der Waals surface area contributed by atoms with Crippen molar-refractivity contribution in [2.45, 2.75) is 27.1 Å². The molecule has 10 heteroatoms. The lowest BCUT2D eigenvalue weighted by Gasteiger charge is -2.08. The number of nitrogens with one attached hydrogen (secondary N) is 1. The summed E-state index contributed by atoms with van der Waals surface area (Å²) in [5, 5.41) is 11.4. The maximum Gasteiger partial charge on any atom is 0.360 e. The van der Waals surface area contributed by atoms with Crippen molar-refractivity contribution < 1.29 is 19.1 Å². The molecule has 3 rings (SSSR count). The Morgan fingerprint density at radius 1 is 1.21 bits per heavy atom. The lowest BCUT2D eigenvalue weighted by molar-refractivity contribution is 0.0594. The number of anilines is 1.